The number of nitrogens with zero attached hydrogens (tertiary/aromatic N) is 5. The summed E-state index contributed by atoms with van der Waals surface area (Å²) in [5.74, 6) is 1.13. The highest BCUT2D eigenvalue weighted by molar-refractivity contribution is 7.09. The molecule has 8 heteroatoms. The third-order valence-corrected chi connectivity index (χ3v) is 6.40. The smallest absolute Gasteiger partial charge is 0.327 e. The molecule has 0 N–H and O–H groups in total. The van der Waals surface area contributed by atoms with Gasteiger partial charge in [-0.1, -0.05) is 33.6 Å². The third kappa shape index (κ3) is 3.81. The van der Waals surface area contributed by atoms with Gasteiger partial charge in [0.2, 0.25) is 5.13 Å². The number of urea groups is 1. The molecule has 0 saturated carbocycles. The molecule has 7 nitrogen and oxygen atoms in total. The van der Waals surface area contributed by atoms with Gasteiger partial charge in [-0.05, 0) is 32.1 Å². The molecule has 3 rings (SSSR count). The lowest BCUT2D eigenvalue weighted by molar-refractivity contribution is -0.134. The van der Waals surface area contributed by atoms with E-state index in [2.05, 4.69) is 35.0 Å². The highest BCUT2D eigenvalue weighted by Gasteiger charge is 2.57. The maximum atomic E-state index is 13.3. The number of amides is 3. The van der Waals surface area contributed by atoms with E-state index >= 15 is 0 Å². The third-order valence-electron chi connectivity index (χ3n) is 5.53. The molecule has 27 heavy (non-hydrogen) atoms. The molecule has 0 aliphatic carbocycles. The fourth-order valence-electron chi connectivity index (χ4n) is 4.08. The number of aryl methyl sites for hydroxylation is 1. The van der Waals surface area contributed by atoms with E-state index in [9.17, 15) is 9.59 Å². The fraction of sp³-hybridized carbons (Fsp3) is 0.789. The number of hydrogen-bond acceptors (Lipinski definition) is 6. The van der Waals surface area contributed by atoms with Crippen LogP contribution in [0.2, 0.25) is 0 Å². The molecule has 1 aromatic heterocycles. The molecule has 0 bridgehead atoms. The average Bonchev–Trinajstić information content (AvgIpc) is 3.14. The summed E-state index contributed by atoms with van der Waals surface area (Å²) in [7, 11) is 0. The van der Waals surface area contributed by atoms with Crippen LogP contribution in [0.3, 0.4) is 0 Å². The van der Waals surface area contributed by atoms with Crippen LogP contribution in [-0.4, -0.2) is 62.8 Å². The van der Waals surface area contributed by atoms with Crippen molar-refractivity contribution in [3.05, 3.63) is 5.82 Å². The number of aromatic nitrogens is 2. The number of anilines is 1. The van der Waals surface area contributed by atoms with Gasteiger partial charge in [0.1, 0.15) is 11.4 Å². The van der Waals surface area contributed by atoms with Gasteiger partial charge in [-0.2, -0.15) is 4.37 Å². The van der Waals surface area contributed by atoms with Crippen LogP contribution in [0.1, 0.15) is 58.7 Å². The molecule has 2 aliphatic heterocycles. The van der Waals surface area contributed by atoms with Crippen molar-refractivity contribution in [3.63, 3.8) is 0 Å². The van der Waals surface area contributed by atoms with E-state index in [1.165, 1.54) is 16.4 Å². The predicted molar refractivity (Wildman–Crippen MR) is 107 cm³/mol. The van der Waals surface area contributed by atoms with Gasteiger partial charge in [-0.25, -0.2) is 9.78 Å². The van der Waals surface area contributed by atoms with Crippen LogP contribution >= 0.6 is 11.5 Å². The Kier molecular flexibility index (Phi) is 6.03. The number of carbonyl (C=O) groups excluding carboxylic acids is 2. The Morgan fingerprint density at radius 1 is 1.19 bits per heavy atom. The molecule has 3 heterocycles. The molecule has 0 aromatic carbocycles. The molecule has 2 aliphatic rings. The number of unbranched alkanes of at least 4 members (excludes halogenated alkanes) is 2. The van der Waals surface area contributed by atoms with E-state index in [1.54, 1.807) is 0 Å². The second-order valence-electron chi connectivity index (χ2n) is 8.09. The normalized spacial score (nSPS) is 19.8. The fourth-order valence-corrected chi connectivity index (χ4v) is 4.81. The quantitative estimate of drug-likeness (QED) is 0.525. The van der Waals surface area contributed by atoms with Crippen molar-refractivity contribution >= 4 is 28.6 Å². The van der Waals surface area contributed by atoms with Gasteiger partial charge in [-0.3, -0.25) is 9.69 Å². The first-order chi connectivity index (χ1) is 12.9. The van der Waals surface area contributed by atoms with Gasteiger partial charge in [0.15, 0.2) is 0 Å². The zero-order chi connectivity index (χ0) is 19.6. The van der Waals surface area contributed by atoms with Gasteiger partial charge in [0.25, 0.3) is 5.91 Å². The Morgan fingerprint density at radius 2 is 1.89 bits per heavy atom. The highest BCUT2D eigenvalue weighted by atomic mass is 32.1. The minimum absolute atomic E-state index is 0.0114. The molecule has 2 fully saturated rings. The van der Waals surface area contributed by atoms with Crippen molar-refractivity contribution in [2.24, 2.45) is 5.92 Å². The van der Waals surface area contributed by atoms with Gasteiger partial charge in [-0.15, -0.1) is 0 Å². The second kappa shape index (κ2) is 8.12. The minimum atomic E-state index is -0.677. The molecule has 0 unspecified atom stereocenters. The average molecular weight is 394 g/mol. The molecule has 150 valence electrons. The summed E-state index contributed by atoms with van der Waals surface area (Å²) >= 11 is 1.40. The zero-order valence-corrected chi connectivity index (χ0v) is 17.7. The van der Waals surface area contributed by atoms with Gasteiger partial charge < -0.3 is 9.80 Å². The number of hydrogen-bond donors (Lipinski definition) is 0. The second-order valence-corrected chi connectivity index (χ2v) is 8.82. The summed E-state index contributed by atoms with van der Waals surface area (Å²) in [6, 6.07) is -0.0926. The van der Waals surface area contributed by atoms with Crippen LogP contribution < -0.4 is 4.90 Å². The first kappa shape index (κ1) is 20.0. The van der Waals surface area contributed by atoms with Gasteiger partial charge in [0, 0.05) is 37.7 Å². The number of piperidine rings is 1. The molecule has 3 amide bonds. The Balaban J connectivity index is 1.78. The Labute approximate surface area is 165 Å². The molecule has 2 saturated heterocycles. The summed E-state index contributed by atoms with van der Waals surface area (Å²) in [5.41, 5.74) is -0.677. The maximum absolute atomic E-state index is 13.3. The summed E-state index contributed by atoms with van der Waals surface area (Å²) in [5, 5.41) is 0.911. The summed E-state index contributed by atoms with van der Waals surface area (Å²) in [6.07, 6.45) is 4.32. The number of imide groups is 1. The van der Waals surface area contributed by atoms with E-state index in [0.717, 1.165) is 43.3 Å². The van der Waals surface area contributed by atoms with E-state index in [-0.39, 0.29) is 11.9 Å². The van der Waals surface area contributed by atoms with E-state index in [1.807, 2.05) is 11.8 Å². The summed E-state index contributed by atoms with van der Waals surface area (Å²) in [4.78, 5) is 36.5. The summed E-state index contributed by atoms with van der Waals surface area (Å²) < 4.78 is 4.27. The molecule has 0 atom stereocenters. The Morgan fingerprint density at radius 3 is 2.44 bits per heavy atom. The topological polar surface area (TPSA) is 69.6 Å². The highest BCUT2D eigenvalue weighted by Crippen LogP contribution is 2.39. The van der Waals surface area contributed by atoms with Crippen LogP contribution in [0.15, 0.2) is 0 Å². The van der Waals surface area contributed by atoms with Crippen LogP contribution in [0, 0.1) is 12.8 Å². The van der Waals surface area contributed by atoms with Crippen LogP contribution in [0.25, 0.3) is 0 Å². The van der Waals surface area contributed by atoms with Crippen molar-refractivity contribution in [2.45, 2.75) is 65.3 Å². The molecular formula is C19H31N5O2S. The molecule has 1 spiro atoms. The van der Waals surface area contributed by atoms with Crippen LogP contribution in [-0.2, 0) is 4.79 Å². The monoisotopic (exact) mass is 393 g/mol. The lowest BCUT2D eigenvalue weighted by atomic mass is 9.85. The maximum Gasteiger partial charge on any atom is 0.327 e. The minimum Gasteiger partial charge on any atom is -0.347 e. The SMILES string of the molecule is CCCCCN1C(=O)N(CC(C)C)C2(CCN(c3nc(C)ns3)CC2)C1=O. The number of carbonyl (C=O) groups is 2. The predicted octanol–water partition coefficient (Wildman–Crippen LogP) is 3.30. The van der Waals surface area contributed by atoms with Crippen molar-refractivity contribution in [2.75, 3.05) is 31.1 Å². The van der Waals surface area contributed by atoms with E-state index < -0.39 is 5.54 Å². The van der Waals surface area contributed by atoms with Crippen molar-refractivity contribution < 1.29 is 9.59 Å². The summed E-state index contributed by atoms with van der Waals surface area (Å²) in [6.45, 7) is 10.9. The van der Waals surface area contributed by atoms with Crippen molar-refractivity contribution in [1.29, 1.82) is 0 Å². The molecule has 1 aromatic rings. The lowest BCUT2D eigenvalue weighted by Gasteiger charge is -2.42. The number of rotatable bonds is 7. The van der Waals surface area contributed by atoms with E-state index in [0.29, 0.717) is 31.8 Å². The van der Waals surface area contributed by atoms with Crippen LogP contribution in [0.5, 0.6) is 0 Å². The van der Waals surface area contributed by atoms with Gasteiger partial charge in [0.05, 0.1) is 0 Å². The standard InChI is InChI=1S/C19H31N5O2S/c1-5-6-7-10-23-16(25)19(24(18(23)26)13-14(2)3)8-11-22(12-9-19)17-20-15(4)21-27-17/h14H,5-13H2,1-4H3. The molecular weight excluding hydrogens is 362 g/mol. The Bertz CT molecular complexity index is 681. The first-order valence-electron chi connectivity index (χ1n) is 10.1. The van der Waals surface area contributed by atoms with Crippen LogP contribution in [0.4, 0.5) is 9.93 Å². The largest absolute Gasteiger partial charge is 0.347 e. The molecule has 0 radical (unpaired) electrons. The lowest BCUT2D eigenvalue weighted by Crippen LogP contribution is -2.57. The zero-order valence-electron chi connectivity index (χ0n) is 16.9. The van der Waals surface area contributed by atoms with Crippen molar-refractivity contribution in [1.82, 2.24) is 19.2 Å². The van der Waals surface area contributed by atoms with Gasteiger partial charge >= 0.3 is 6.03 Å². The first-order valence-corrected chi connectivity index (χ1v) is 10.8. The Hall–Kier alpha value is -1.70. The van der Waals surface area contributed by atoms with E-state index in [4.69, 9.17) is 0 Å². The van der Waals surface area contributed by atoms with Crippen molar-refractivity contribution in [3.8, 4) is 0 Å².